The van der Waals surface area contributed by atoms with Gasteiger partial charge in [-0.15, -0.1) is 0 Å². The molecule has 1 heterocycles. The van der Waals surface area contributed by atoms with E-state index >= 15 is 0 Å². The summed E-state index contributed by atoms with van der Waals surface area (Å²) >= 11 is 0. The van der Waals surface area contributed by atoms with E-state index in [-0.39, 0.29) is 36.8 Å². The van der Waals surface area contributed by atoms with Gasteiger partial charge in [-0.25, -0.2) is 10.2 Å². The van der Waals surface area contributed by atoms with Crippen LogP contribution in [0, 0.1) is 10.1 Å². The summed E-state index contributed by atoms with van der Waals surface area (Å²) in [4.78, 5) is 34.9. The topological polar surface area (TPSA) is 141 Å². The average molecular weight is 428 g/mol. The van der Waals surface area contributed by atoms with E-state index in [0.29, 0.717) is 11.3 Å². The fourth-order valence-electron chi connectivity index (χ4n) is 2.87. The van der Waals surface area contributed by atoms with Crippen molar-refractivity contribution in [1.29, 1.82) is 0 Å². The summed E-state index contributed by atoms with van der Waals surface area (Å²) in [5, 5.41) is 17.7. The summed E-state index contributed by atoms with van der Waals surface area (Å²) in [5.41, 5.74) is 2.92. The molecular formula is C20H20N4O7. The molecule has 2 N–H and O–H groups in total. The molecule has 0 bridgehead atoms. The van der Waals surface area contributed by atoms with E-state index in [1.165, 1.54) is 12.1 Å². The Kier molecular flexibility index (Phi) is 6.99. The highest BCUT2D eigenvalue weighted by Crippen LogP contribution is 2.37. The van der Waals surface area contributed by atoms with E-state index in [1.807, 2.05) is 6.07 Å². The van der Waals surface area contributed by atoms with E-state index in [9.17, 15) is 19.7 Å². The van der Waals surface area contributed by atoms with Crippen molar-refractivity contribution >= 4 is 23.9 Å². The number of nitro groups is 1. The van der Waals surface area contributed by atoms with Gasteiger partial charge in [0.2, 0.25) is 12.7 Å². The van der Waals surface area contributed by atoms with Crippen molar-refractivity contribution < 1.29 is 28.7 Å². The molecule has 0 aliphatic carbocycles. The van der Waals surface area contributed by atoms with E-state index in [1.54, 1.807) is 31.2 Å². The smallest absolute Gasteiger partial charge is 0.407 e. The Morgan fingerprint density at radius 1 is 1.26 bits per heavy atom. The highest BCUT2D eigenvalue weighted by Gasteiger charge is 2.23. The number of nitrogens with zero attached hydrogens (tertiary/aromatic N) is 2. The Hall–Kier alpha value is -4.15. The lowest BCUT2D eigenvalue weighted by molar-refractivity contribution is -0.385. The zero-order valence-electron chi connectivity index (χ0n) is 16.6. The van der Waals surface area contributed by atoms with Crippen LogP contribution < -0.4 is 20.2 Å². The van der Waals surface area contributed by atoms with Crippen LogP contribution in [-0.4, -0.2) is 36.5 Å². The summed E-state index contributed by atoms with van der Waals surface area (Å²) in [5.74, 6) is 0.107. The number of hydrazone groups is 1. The number of nitrogens with one attached hydrogen (secondary N) is 2. The van der Waals surface area contributed by atoms with Crippen LogP contribution in [0.3, 0.4) is 0 Å². The lowest BCUT2D eigenvalue weighted by Gasteiger charge is -2.18. The number of benzene rings is 2. The van der Waals surface area contributed by atoms with Crippen LogP contribution in [0.15, 0.2) is 47.6 Å². The molecule has 1 aliphatic rings. The Morgan fingerprint density at radius 2 is 1.97 bits per heavy atom. The molecule has 0 unspecified atom stereocenters. The number of carbonyl (C=O) groups is 2. The van der Waals surface area contributed by atoms with Crippen molar-refractivity contribution in [3.05, 3.63) is 63.7 Å². The summed E-state index contributed by atoms with van der Waals surface area (Å²) in [7, 11) is 0. The number of alkyl carbamates (subject to hydrolysis) is 1. The van der Waals surface area contributed by atoms with Crippen molar-refractivity contribution in [1.82, 2.24) is 10.7 Å². The maximum atomic E-state index is 12.4. The van der Waals surface area contributed by atoms with Crippen molar-refractivity contribution in [2.45, 2.75) is 19.4 Å². The summed E-state index contributed by atoms with van der Waals surface area (Å²) in [6, 6.07) is 10.9. The number of fused-ring (bicyclic) bond motifs is 1. The van der Waals surface area contributed by atoms with Gasteiger partial charge in [0.25, 0.3) is 5.69 Å². The van der Waals surface area contributed by atoms with Crippen molar-refractivity contribution in [3.63, 3.8) is 0 Å². The molecule has 31 heavy (non-hydrogen) atoms. The van der Waals surface area contributed by atoms with Crippen LogP contribution in [0.4, 0.5) is 10.5 Å². The average Bonchev–Trinajstić information content (AvgIpc) is 3.21. The third-order valence-corrected chi connectivity index (χ3v) is 4.27. The molecule has 2 amide bonds. The molecule has 2 aromatic carbocycles. The lowest BCUT2D eigenvalue weighted by Crippen LogP contribution is -2.33. The largest absolute Gasteiger partial charge is 0.454 e. The van der Waals surface area contributed by atoms with Gasteiger partial charge in [0, 0.05) is 0 Å². The zero-order chi connectivity index (χ0) is 22.2. The van der Waals surface area contributed by atoms with Crippen molar-refractivity contribution in [3.8, 4) is 11.5 Å². The van der Waals surface area contributed by atoms with Gasteiger partial charge in [-0.1, -0.05) is 30.3 Å². The second-order valence-corrected chi connectivity index (χ2v) is 6.35. The van der Waals surface area contributed by atoms with Gasteiger partial charge in [-0.3, -0.25) is 14.9 Å². The molecule has 11 nitrogen and oxygen atoms in total. The molecule has 11 heteroatoms. The fraction of sp³-hybridized carbons (Fsp3) is 0.250. The molecule has 0 saturated heterocycles. The number of amides is 2. The first-order chi connectivity index (χ1) is 15.0. The SMILES string of the molecule is CCOC(=O)N[C@@H](CC(=O)N/N=C\c1cc2c(cc1[N+](=O)[O-])OCO2)c1ccccc1. The third kappa shape index (κ3) is 5.69. The van der Waals surface area contributed by atoms with E-state index in [2.05, 4.69) is 15.8 Å². The molecule has 0 radical (unpaired) electrons. The molecule has 3 rings (SSSR count). The van der Waals surface area contributed by atoms with E-state index in [4.69, 9.17) is 14.2 Å². The second kappa shape index (κ2) is 10.1. The predicted molar refractivity (Wildman–Crippen MR) is 109 cm³/mol. The number of hydrogen-bond acceptors (Lipinski definition) is 8. The summed E-state index contributed by atoms with van der Waals surface area (Å²) in [6.45, 7) is 1.84. The first kappa shape index (κ1) is 21.6. The Morgan fingerprint density at radius 3 is 2.65 bits per heavy atom. The molecule has 162 valence electrons. The van der Waals surface area contributed by atoms with Gasteiger partial charge in [-0.05, 0) is 18.6 Å². The molecule has 0 saturated carbocycles. The monoisotopic (exact) mass is 428 g/mol. The van der Waals surface area contributed by atoms with Crippen molar-refractivity contribution in [2.75, 3.05) is 13.4 Å². The number of rotatable bonds is 8. The van der Waals surface area contributed by atoms with Crippen LogP contribution in [0.5, 0.6) is 11.5 Å². The first-order valence-corrected chi connectivity index (χ1v) is 9.36. The quantitative estimate of drug-likeness (QED) is 0.374. The van der Waals surface area contributed by atoms with Gasteiger partial charge in [0.1, 0.15) is 0 Å². The van der Waals surface area contributed by atoms with Gasteiger partial charge in [0.05, 0.1) is 41.8 Å². The molecule has 0 fully saturated rings. The van der Waals surface area contributed by atoms with Gasteiger partial charge < -0.3 is 19.5 Å². The number of nitro benzene ring substituents is 1. The fourth-order valence-corrected chi connectivity index (χ4v) is 2.87. The molecular weight excluding hydrogens is 408 g/mol. The number of carbonyl (C=O) groups excluding carboxylic acids is 2. The van der Waals surface area contributed by atoms with Crippen molar-refractivity contribution in [2.24, 2.45) is 5.10 Å². The zero-order valence-corrected chi connectivity index (χ0v) is 16.6. The molecule has 0 aromatic heterocycles. The Bertz CT molecular complexity index is 995. The second-order valence-electron chi connectivity index (χ2n) is 6.35. The molecule has 0 spiro atoms. The van der Waals surface area contributed by atoms with Crippen LogP contribution in [0.2, 0.25) is 0 Å². The number of hydrogen-bond donors (Lipinski definition) is 2. The minimum Gasteiger partial charge on any atom is -0.454 e. The third-order valence-electron chi connectivity index (χ3n) is 4.27. The highest BCUT2D eigenvalue weighted by molar-refractivity contribution is 5.88. The summed E-state index contributed by atoms with van der Waals surface area (Å²) < 4.78 is 15.2. The highest BCUT2D eigenvalue weighted by atomic mass is 16.7. The van der Waals surface area contributed by atoms with Crippen LogP contribution in [-0.2, 0) is 9.53 Å². The maximum Gasteiger partial charge on any atom is 0.407 e. The normalized spacial score (nSPS) is 12.9. The summed E-state index contributed by atoms with van der Waals surface area (Å²) in [6.07, 6.45) is 0.376. The van der Waals surface area contributed by atoms with Crippen LogP contribution in [0.1, 0.15) is 30.5 Å². The maximum absolute atomic E-state index is 12.4. The van der Waals surface area contributed by atoms with Gasteiger partial charge >= 0.3 is 6.09 Å². The standard InChI is InChI=1S/C20H20N4O7/c1-2-29-20(26)22-15(13-6-4-3-5-7-13)9-19(25)23-21-11-14-8-17-18(31-12-30-17)10-16(14)24(27)28/h3-8,10-11,15H,2,9,12H2,1H3,(H,22,26)(H,23,25)/b21-11-/t15-/m0/s1. The van der Waals surface area contributed by atoms with E-state index in [0.717, 1.165) is 6.21 Å². The van der Waals surface area contributed by atoms with Gasteiger partial charge in [0.15, 0.2) is 11.5 Å². The minimum atomic E-state index is -0.649. The van der Waals surface area contributed by atoms with E-state index < -0.39 is 23.0 Å². The molecule has 1 aliphatic heterocycles. The lowest BCUT2D eigenvalue weighted by atomic mass is 10.0. The predicted octanol–water partition coefficient (Wildman–Crippen LogP) is 2.65. The van der Waals surface area contributed by atoms with Crippen LogP contribution >= 0.6 is 0 Å². The first-order valence-electron chi connectivity index (χ1n) is 9.36. The van der Waals surface area contributed by atoms with Crippen LogP contribution in [0.25, 0.3) is 0 Å². The molecule has 2 aromatic rings. The van der Waals surface area contributed by atoms with Gasteiger partial charge in [-0.2, -0.15) is 5.10 Å². The minimum absolute atomic E-state index is 0.0296. The Labute approximate surface area is 177 Å². The molecule has 1 atom stereocenters. The Balaban J connectivity index is 1.68. The number of ether oxygens (including phenoxy) is 3.